The lowest BCUT2D eigenvalue weighted by atomic mass is 9.75. The van der Waals surface area contributed by atoms with Crippen LogP contribution in [0.15, 0.2) is 60.7 Å². The van der Waals surface area contributed by atoms with Crippen LogP contribution in [0, 0.1) is 0 Å². The van der Waals surface area contributed by atoms with Gasteiger partial charge in [0.05, 0.1) is 0 Å². The van der Waals surface area contributed by atoms with Gasteiger partial charge in [0.1, 0.15) is 0 Å². The van der Waals surface area contributed by atoms with Crippen molar-refractivity contribution in [2.75, 3.05) is 0 Å². The van der Waals surface area contributed by atoms with Crippen molar-refractivity contribution in [1.29, 1.82) is 0 Å². The van der Waals surface area contributed by atoms with Crippen molar-refractivity contribution in [3.05, 3.63) is 82.9 Å². The van der Waals surface area contributed by atoms with Crippen molar-refractivity contribution in [3.63, 3.8) is 0 Å². The molecule has 0 atom stereocenters. The van der Waals surface area contributed by atoms with E-state index in [1.165, 1.54) is 53.9 Å². The summed E-state index contributed by atoms with van der Waals surface area (Å²) < 4.78 is 1.35. The topological polar surface area (TPSA) is 0 Å². The Kier molecular flexibility index (Phi) is 6.82. The minimum atomic E-state index is 0.0276. The summed E-state index contributed by atoms with van der Waals surface area (Å²) in [4.78, 5) is 1.39. The Bertz CT molecular complexity index is 1430. The molecule has 0 saturated heterocycles. The lowest BCUT2D eigenvalue weighted by molar-refractivity contribution is 0.569. The van der Waals surface area contributed by atoms with Gasteiger partial charge in [0.2, 0.25) is 0 Å². The normalized spacial score (nSPS) is 13.4. The summed E-state index contributed by atoms with van der Waals surface area (Å²) in [6.07, 6.45) is 0. The molecule has 0 aliphatic rings. The molecule has 37 heavy (non-hydrogen) atoms. The van der Waals surface area contributed by atoms with Gasteiger partial charge in [-0.05, 0) is 61.1 Å². The second-order valence-corrected chi connectivity index (χ2v) is 15.9. The largest absolute Gasteiger partial charge is 0.135 e. The lowest BCUT2D eigenvalue weighted by Crippen LogP contribution is -2.18. The predicted molar refractivity (Wildman–Crippen MR) is 167 cm³/mol. The highest BCUT2D eigenvalue weighted by Crippen LogP contribution is 2.50. The van der Waals surface area contributed by atoms with Gasteiger partial charge in [0.15, 0.2) is 0 Å². The Labute approximate surface area is 230 Å². The molecule has 3 aromatic carbocycles. The fraction of sp³-hybridized carbons (Fsp3) is 0.444. The molecule has 4 aromatic rings. The third kappa shape index (κ3) is 5.44. The van der Waals surface area contributed by atoms with Gasteiger partial charge in [0, 0.05) is 20.5 Å². The van der Waals surface area contributed by atoms with E-state index in [-0.39, 0.29) is 21.7 Å². The van der Waals surface area contributed by atoms with Gasteiger partial charge < -0.3 is 0 Å². The first kappa shape index (κ1) is 27.6. The van der Waals surface area contributed by atoms with Crippen LogP contribution in [0.2, 0.25) is 0 Å². The van der Waals surface area contributed by atoms with E-state index in [0.29, 0.717) is 0 Å². The zero-order valence-electron chi connectivity index (χ0n) is 25.2. The number of hydrogen-bond acceptors (Lipinski definition) is 1. The minimum absolute atomic E-state index is 0.0276. The molecular formula is C36H46S. The summed E-state index contributed by atoms with van der Waals surface area (Å²) in [6.45, 7) is 28.0. The van der Waals surface area contributed by atoms with Crippen molar-refractivity contribution in [1.82, 2.24) is 0 Å². The highest BCUT2D eigenvalue weighted by Gasteiger charge is 2.29. The van der Waals surface area contributed by atoms with Crippen LogP contribution < -0.4 is 0 Å². The van der Waals surface area contributed by atoms with Crippen LogP contribution in [0.1, 0.15) is 105 Å². The quantitative estimate of drug-likeness (QED) is 0.251. The van der Waals surface area contributed by atoms with Gasteiger partial charge in [0.25, 0.3) is 0 Å². The molecule has 0 fully saturated rings. The van der Waals surface area contributed by atoms with Crippen LogP contribution in [-0.2, 0) is 21.7 Å². The summed E-state index contributed by atoms with van der Waals surface area (Å²) in [6, 6.07) is 23.4. The van der Waals surface area contributed by atoms with Gasteiger partial charge in [-0.1, -0.05) is 138 Å². The maximum atomic E-state index is 2.47. The SMILES string of the molecule is CC(C)(C)c1ccc(-c2sc3ccccc3c2-c2ccc(C(C)(C)C)cc2C(C)(C)C)c(C(C)(C)C)c1. The van der Waals surface area contributed by atoms with Gasteiger partial charge in [-0.3, -0.25) is 0 Å². The molecule has 0 bridgehead atoms. The monoisotopic (exact) mass is 510 g/mol. The van der Waals surface area contributed by atoms with Crippen molar-refractivity contribution < 1.29 is 0 Å². The minimum Gasteiger partial charge on any atom is -0.135 e. The zero-order valence-corrected chi connectivity index (χ0v) is 26.0. The first-order valence-corrected chi connectivity index (χ1v) is 14.5. The number of hydrogen-bond donors (Lipinski definition) is 0. The molecule has 4 rings (SSSR count). The third-order valence-electron chi connectivity index (χ3n) is 7.50. The van der Waals surface area contributed by atoms with E-state index in [1.54, 1.807) is 0 Å². The third-order valence-corrected chi connectivity index (χ3v) is 8.70. The van der Waals surface area contributed by atoms with E-state index in [9.17, 15) is 0 Å². The van der Waals surface area contributed by atoms with E-state index >= 15 is 0 Å². The highest BCUT2D eigenvalue weighted by molar-refractivity contribution is 7.23. The maximum Gasteiger partial charge on any atom is 0.0436 e. The lowest BCUT2D eigenvalue weighted by Gasteiger charge is -2.29. The average Bonchev–Trinajstić information content (AvgIpc) is 3.15. The fourth-order valence-electron chi connectivity index (χ4n) is 5.18. The van der Waals surface area contributed by atoms with Gasteiger partial charge in [-0.15, -0.1) is 11.3 Å². The van der Waals surface area contributed by atoms with E-state index in [4.69, 9.17) is 0 Å². The number of rotatable bonds is 2. The van der Waals surface area contributed by atoms with Crippen LogP contribution in [0.4, 0.5) is 0 Å². The van der Waals surface area contributed by atoms with Gasteiger partial charge in [-0.25, -0.2) is 0 Å². The Morgan fingerprint density at radius 3 is 1.43 bits per heavy atom. The van der Waals surface area contributed by atoms with E-state index < -0.39 is 0 Å². The molecule has 0 aliphatic carbocycles. The molecule has 196 valence electrons. The van der Waals surface area contributed by atoms with Crippen LogP contribution in [0.3, 0.4) is 0 Å². The number of fused-ring (bicyclic) bond motifs is 1. The number of benzene rings is 3. The Morgan fingerprint density at radius 1 is 0.486 bits per heavy atom. The molecule has 0 radical (unpaired) electrons. The fourth-order valence-corrected chi connectivity index (χ4v) is 6.44. The number of thiophene rings is 1. The molecule has 0 unspecified atom stereocenters. The van der Waals surface area contributed by atoms with Crippen molar-refractivity contribution >= 4 is 21.4 Å². The summed E-state index contributed by atoms with van der Waals surface area (Å²) in [7, 11) is 0. The molecule has 0 aliphatic heterocycles. The highest BCUT2D eigenvalue weighted by atomic mass is 32.1. The molecule has 1 heterocycles. The van der Waals surface area contributed by atoms with Crippen LogP contribution >= 0.6 is 11.3 Å². The zero-order chi connectivity index (χ0) is 27.6. The molecule has 1 heteroatoms. The summed E-state index contributed by atoms with van der Waals surface area (Å²) in [5.74, 6) is 0. The Morgan fingerprint density at radius 2 is 0.946 bits per heavy atom. The van der Waals surface area contributed by atoms with Gasteiger partial charge >= 0.3 is 0 Å². The standard InChI is InChI=1S/C36H46S/c1-33(2,3)23-17-19-25(28(21-23)35(7,8)9)31-27-15-13-14-16-30(27)37-32(31)26-20-18-24(34(4,5)6)22-29(26)36(10,11)12/h13-22H,1-12H3. The molecule has 0 spiro atoms. The summed E-state index contributed by atoms with van der Waals surface area (Å²) in [5, 5.41) is 1.36. The van der Waals surface area contributed by atoms with Crippen LogP contribution in [0.5, 0.6) is 0 Å². The average molecular weight is 511 g/mol. The van der Waals surface area contributed by atoms with Gasteiger partial charge in [-0.2, -0.15) is 0 Å². The first-order chi connectivity index (χ1) is 16.9. The van der Waals surface area contributed by atoms with E-state index in [1.807, 2.05) is 11.3 Å². The molecule has 1 aromatic heterocycles. The predicted octanol–water partition coefficient (Wildman–Crippen LogP) is 11.4. The molecule has 0 N–H and O–H groups in total. The van der Waals surface area contributed by atoms with Crippen molar-refractivity contribution in [2.45, 2.75) is 105 Å². The molecule has 0 nitrogen and oxygen atoms in total. The molecule has 0 saturated carbocycles. The molecular weight excluding hydrogens is 464 g/mol. The second-order valence-electron chi connectivity index (χ2n) is 14.8. The van der Waals surface area contributed by atoms with E-state index in [0.717, 1.165) is 0 Å². The van der Waals surface area contributed by atoms with Crippen LogP contribution in [-0.4, -0.2) is 0 Å². The second kappa shape index (κ2) is 9.12. The summed E-state index contributed by atoms with van der Waals surface area (Å²) in [5.41, 5.74) is 10.1. The van der Waals surface area contributed by atoms with Crippen molar-refractivity contribution in [2.24, 2.45) is 0 Å². The first-order valence-electron chi connectivity index (χ1n) is 13.7. The Balaban J connectivity index is 2.12. The van der Waals surface area contributed by atoms with Crippen LogP contribution in [0.25, 0.3) is 31.7 Å². The van der Waals surface area contributed by atoms with Crippen molar-refractivity contribution in [3.8, 4) is 21.6 Å². The van der Waals surface area contributed by atoms with E-state index in [2.05, 4.69) is 144 Å². The molecule has 0 amide bonds. The maximum absolute atomic E-state index is 2.47. The Hall–Kier alpha value is -2.38. The summed E-state index contributed by atoms with van der Waals surface area (Å²) >= 11 is 1.94. The smallest absolute Gasteiger partial charge is 0.0436 e.